The van der Waals surface area contributed by atoms with Crippen LogP contribution in [0.25, 0.3) is 0 Å². The van der Waals surface area contributed by atoms with Crippen molar-refractivity contribution in [2.75, 3.05) is 0 Å². The van der Waals surface area contributed by atoms with Gasteiger partial charge in [0.2, 0.25) is 0 Å². The number of carbonyl (C=O) groups is 1. The van der Waals surface area contributed by atoms with Crippen LogP contribution in [0.1, 0.15) is 47.8 Å². The molecule has 0 spiro atoms. The lowest BCUT2D eigenvalue weighted by molar-refractivity contribution is 0.0935. The lowest BCUT2D eigenvalue weighted by Gasteiger charge is -2.17. The summed E-state index contributed by atoms with van der Waals surface area (Å²) in [5.41, 5.74) is 2.96. The fourth-order valence-corrected chi connectivity index (χ4v) is 2.12. The average molecular weight is 271 g/mol. The quantitative estimate of drug-likeness (QED) is 0.908. The molecule has 2 aromatic rings. The van der Waals surface area contributed by atoms with Gasteiger partial charge in [-0.15, -0.1) is 0 Å². The van der Waals surface area contributed by atoms with Crippen molar-refractivity contribution in [1.29, 1.82) is 0 Å². The van der Waals surface area contributed by atoms with Crippen molar-refractivity contribution in [3.63, 3.8) is 0 Å². The minimum Gasteiger partial charge on any atom is -0.345 e. The second-order valence-corrected chi connectivity index (χ2v) is 4.93. The van der Waals surface area contributed by atoms with Crippen LogP contribution in [-0.2, 0) is 6.54 Å². The van der Waals surface area contributed by atoms with Crippen LogP contribution >= 0.6 is 0 Å². The molecule has 1 aromatic carbocycles. The molecule has 0 saturated carbocycles. The molecule has 0 saturated heterocycles. The third-order valence-corrected chi connectivity index (χ3v) is 3.41. The molecule has 0 aliphatic rings. The molecule has 0 radical (unpaired) electrons. The fraction of sp³-hybridized carbons (Fsp3) is 0.375. The molecule has 0 aliphatic heterocycles. The first-order valence-electron chi connectivity index (χ1n) is 7.04. The number of amides is 1. The van der Waals surface area contributed by atoms with Crippen molar-refractivity contribution >= 4 is 5.91 Å². The number of hydrogen-bond donors (Lipinski definition) is 1. The summed E-state index contributed by atoms with van der Waals surface area (Å²) in [6, 6.07) is 8.31. The molecular formula is C16H21N3O. The van der Waals surface area contributed by atoms with Crippen molar-refractivity contribution in [1.82, 2.24) is 15.1 Å². The number of aromatic nitrogens is 2. The van der Waals surface area contributed by atoms with Gasteiger partial charge in [0, 0.05) is 12.7 Å². The maximum Gasteiger partial charge on any atom is 0.254 e. The summed E-state index contributed by atoms with van der Waals surface area (Å²) in [7, 11) is 0. The number of nitrogens with zero attached hydrogens (tertiary/aromatic N) is 2. The molecule has 1 N–H and O–H groups in total. The van der Waals surface area contributed by atoms with E-state index >= 15 is 0 Å². The van der Waals surface area contributed by atoms with Gasteiger partial charge in [0.25, 0.3) is 5.91 Å². The number of nitrogens with one attached hydrogen (secondary N) is 1. The average Bonchev–Trinajstić information content (AvgIpc) is 2.94. The molecule has 4 heteroatoms. The maximum atomic E-state index is 12.2. The minimum atomic E-state index is -0.0721. The van der Waals surface area contributed by atoms with Crippen molar-refractivity contribution in [2.45, 2.75) is 39.8 Å². The Hall–Kier alpha value is -2.10. The van der Waals surface area contributed by atoms with Gasteiger partial charge in [-0.25, -0.2) is 0 Å². The summed E-state index contributed by atoms with van der Waals surface area (Å²) >= 11 is 0. The van der Waals surface area contributed by atoms with Crippen molar-refractivity contribution < 1.29 is 4.79 Å². The molecule has 4 nitrogen and oxygen atoms in total. The van der Waals surface area contributed by atoms with E-state index in [9.17, 15) is 4.79 Å². The van der Waals surface area contributed by atoms with Crippen LogP contribution in [0.3, 0.4) is 0 Å². The number of aryl methyl sites for hydroxylation is 2. The molecule has 0 bridgehead atoms. The van der Waals surface area contributed by atoms with E-state index in [1.807, 2.05) is 6.92 Å². The predicted molar refractivity (Wildman–Crippen MR) is 79.6 cm³/mol. The van der Waals surface area contributed by atoms with E-state index in [0.717, 1.165) is 18.5 Å². The highest BCUT2D eigenvalue weighted by molar-refractivity contribution is 5.93. The largest absolute Gasteiger partial charge is 0.345 e. The van der Waals surface area contributed by atoms with Gasteiger partial charge in [0.05, 0.1) is 17.8 Å². The molecule has 2 rings (SSSR count). The summed E-state index contributed by atoms with van der Waals surface area (Å²) in [6.45, 7) is 6.89. The Morgan fingerprint density at radius 1 is 1.30 bits per heavy atom. The Morgan fingerprint density at radius 3 is 2.55 bits per heavy atom. The van der Waals surface area contributed by atoms with Gasteiger partial charge in [-0.05, 0) is 25.8 Å². The van der Waals surface area contributed by atoms with Crippen LogP contribution in [0, 0.1) is 6.92 Å². The number of rotatable bonds is 5. The number of benzene rings is 1. The van der Waals surface area contributed by atoms with Gasteiger partial charge >= 0.3 is 0 Å². The van der Waals surface area contributed by atoms with Crippen LogP contribution in [0.5, 0.6) is 0 Å². The highest BCUT2D eigenvalue weighted by Crippen LogP contribution is 2.17. The standard InChI is InChI=1S/C16H21N3O/c1-4-15(13-8-6-12(3)7-9-13)18-16(20)14-10-17-19(5-2)11-14/h6-11,15H,4-5H2,1-3H3,(H,18,20). The van der Waals surface area contributed by atoms with E-state index < -0.39 is 0 Å². The number of hydrogen-bond acceptors (Lipinski definition) is 2. The predicted octanol–water partition coefficient (Wildman–Crippen LogP) is 3.09. The maximum absolute atomic E-state index is 12.2. The Labute approximate surface area is 119 Å². The summed E-state index contributed by atoms with van der Waals surface area (Å²) in [5, 5.41) is 7.19. The van der Waals surface area contributed by atoms with E-state index in [1.165, 1.54) is 5.56 Å². The zero-order valence-electron chi connectivity index (χ0n) is 12.3. The highest BCUT2D eigenvalue weighted by atomic mass is 16.1. The second kappa shape index (κ2) is 6.37. The van der Waals surface area contributed by atoms with E-state index in [2.05, 4.69) is 48.5 Å². The van der Waals surface area contributed by atoms with Crippen molar-refractivity contribution in [3.8, 4) is 0 Å². The molecule has 1 aromatic heterocycles. The molecule has 1 atom stereocenters. The smallest absolute Gasteiger partial charge is 0.254 e. The van der Waals surface area contributed by atoms with Crippen LogP contribution in [0.15, 0.2) is 36.7 Å². The topological polar surface area (TPSA) is 46.9 Å². The molecule has 20 heavy (non-hydrogen) atoms. The van der Waals surface area contributed by atoms with Gasteiger partial charge in [-0.1, -0.05) is 36.8 Å². The lowest BCUT2D eigenvalue weighted by Crippen LogP contribution is -2.27. The van der Waals surface area contributed by atoms with E-state index in [1.54, 1.807) is 17.1 Å². The fourth-order valence-electron chi connectivity index (χ4n) is 2.12. The number of carbonyl (C=O) groups excluding carboxylic acids is 1. The molecular weight excluding hydrogens is 250 g/mol. The summed E-state index contributed by atoms with van der Waals surface area (Å²) in [4.78, 5) is 12.2. The molecule has 1 unspecified atom stereocenters. The zero-order valence-corrected chi connectivity index (χ0v) is 12.3. The molecule has 1 amide bonds. The van der Waals surface area contributed by atoms with Crippen LogP contribution < -0.4 is 5.32 Å². The van der Waals surface area contributed by atoms with Gasteiger partial charge in [-0.3, -0.25) is 9.48 Å². The van der Waals surface area contributed by atoms with E-state index in [0.29, 0.717) is 5.56 Å². The first-order chi connectivity index (χ1) is 9.63. The van der Waals surface area contributed by atoms with Crippen molar-refractivity contribution in [2.24, 2.45) is 0 Å². The summed E-state index contributed by atoms with van der Waals surface area (Å²) in [6.07, 6.45) is 4.24. The van der Waals surface area contributed by atoms with Crippen LogP contribution in [-0.4, -0.2) is 15.7 Å². The van der Waals surface area contributed by atoms with Gasteiger partial charge < -0.3 is 5.32 Å². The van der Waals surface area contributed by atoms with Gasteiger partial charge in [-0.2, -0.15) is 5.10 Å². The first-order valence-corrected chi connectivity index (χ1v) is 7.04. The van der Waals surface area contributed by atoms with Gasteiger partial charge in [0.1, 0.15) is 0 Å². The normalized spacial score (nSPS) is 12.2. The highest BCUT2D eigenvalue weighted by Gasteiger charge is 2.15. The Kier molecular flexibility index (Phi) is 4.56. The zero-order chi connectivity index (χ0) is 14.5. The van der Waals surface area contributed by atoms with Crippen LogP contribution in [0.2, 0.25) is 0 Å². The third-order valence-electron chi connectivity index (χ3n) is 3.41. The Balaban J connectivity index is 2.09. The molecule has 1 heterocycles. The second-order valence-electron chi connectivity index (χ2n) is 4.93. The molecule has 0 aliphatic carbocycles. The monoisotopic (exact) mass is 271 g/mol. The molecule has 0 fully saturated rings. The third kappa shape index (κ3) is 3.26. The first kappa shape index (κ1) is 14.3. The van der Waals surface area contributed by atoms with Crippen molar-refractivity contribution in [3.05, 3.63) is 53.3 Å². The van der Waals surface area contributed by atoms with Gasteiger partial charge in [0.15, 0.2) is 0 Å². The van der Waals surface area contributed by atoms with E-state index in [4.69, 9.17) is 0 Å². The minimum absolute atomic E-state index is 0.0353. The van der Waals surface area contributed by atoms with Crippen LogP contribution in [0.4, 0.5) is 0 Å². The Bertz CT molecular complexity index is 572. The Morgan fingerprint density at radius 2 is 2.00 bits per heavy atom. The summed E-state index contributed by atoms with van der Waals surface area (Å²) in [5.74, 6) is -0.0721. The SMILES string of the molecule is CCC(NC(=O)c1cnn(CC)c1)c1ccc(C)cc1. The summed E-state index contributed by atoms with van der Waals surface area (Å²) < 4.78 is 1.75. The lowest BCUT2D eigenvalue weighted by atomic mass is 10.0. The molecule has 106 valence electrons. The van der Waals surface area contributed by atoms with E-state index in [-0.39, 0.29) is 11.9 Å².